The molecule has 0 bridgehead atoms. The molecule has 5 heteroatoms. The van der Waals surface area contributed by atoms with Crippen LogP contribution in [0, 0.1) is 11.8 Å². The molecule has 0 heterocycles. The number of hydrogen-bond donors (Lipinski definition) is 1. The summed E-state index contributed by atoms with van der Waals surface area (Å²) in [7, 11) is 3.26. The lowest BCUT2D eigenvalue weighted by Gasteiger charge is -2.24. The maximum absolute atomic E-state index is 11.7. The number of carboxylic acid groups (broad SMARTS) is 1. The van der Waals surface area contributed by atoms with E-state index in [2.05, 4.69) is 0 Å². The Morgan fingerprint density at radius 2 is 2.13 bits per heavy atom. The predicted octanol–water partition coefficient (Wildman–Crippen LogP) is 0.200. The molecule has 0 aromatic rings. The van der Waals surface area contributed by atoms with Gasteiger partial charge >= 0.3 is 5.97 Å². The van der Waals surface area contributed by atoms with E-state index >= 15 is 0 Å². The maximum Gasteiger partial charge on any atom is 0.307 e. The van der Waals surface area contributed by atoms with E-state index in [4.69, 9.17) is 9.84 Å². The molecule has 15 heavy (non-hydrogen) atoms. The molecule has 0 spiro atoms. The van der Waals surface area contributed by atoms with E-state index in [0.717, 1.165) is 0 Å². The second-order valence-corrected chi connectivity index (χ2v) is 4.04. The van der Waals surface area contributed by atoms with Crippen molar-refractivity contribution in [2.75, 3.05) is 20.8 Å². The zero-order chi connectivity index (χ0) is 11.6. The van der Waals surface area contributed by atoms with Crippen molar-refractivity contribution in [3.05, 3.63) is 0 Å². The normalized spacial score (nSPS) is 25.8. The monoisotopic (exact) mass is 215 g/mol. The van der Waals surface area contributed by atoms with Gasteiger partial charge in [0, 0.05) is 14.2 Å². The van der Waals surface area contributed by atoms with Crippen LogP contribution in [-0.2, 0) is 14.3 Å². The topological polar surface area (TPSA) is 66.8 Å². The molecule has 0 aromatic carbocycles. The number of carboxylic acids is 1. The van der Waals surface area contributed by atoms with Crippen LogP contribution in [0.25, 0.3) is 0 Å². The van der Waals surface area contributed by atoms with Gasteiger partial charge in [0.2, 0.25) is 5.91 Å². The highest BCUT2D eigenvalue weighted by atomic mass is 16.5. The average Bonchev–Trinajstić information content (AvgIpc) is 2.95. The Kier molecular flexibility index (Phi) is 3.68. The molecule has 1 saturated carbocycles. The number of amides is 1. The van der Waals surface area contributed by atoms with Gasteiger partial charge in [-0.2, -0.15) is 0 Å². The Labute approximate surface area is 89.0 Å². The van der Waals surface area contributed by atoms with Gasteiger partial charge in [-0.3, -0.25) is 9.59 Å². The summed E-state index contributed by atoms with van der Waals surface area (Å²) in [4.78, 5) is 23.9. The van der Waals surface area contributed by atoms with E-state index in [0.29, 0.717) is 13.0 Å². The van der Waals surface area contributed by atoms with Crippen LogP contribution in [0.3, 0.4) is 0 Å². The summed E-state index contributed by atoms with van der Waals surface area (Å²) < 4.78 is 4.94. The van der Waals surface area contributed by atoms with Crippen molar-refractivity contribution in [2.45, 2.75) is 19.4 Å². The van der Waals surface area contributed by atoms with Gasteiger partial charge in [0.05, 0.1) is 24.5 Å². The zero-order valence-corrected chi connectivity index (χ0v) is 9.27. The largest absolute Gasteiger partial charge is 0.481 e. The number of carbonyl (C=O) groups is 2. The first-order valence-electron chi connectivity index (χ1n) is 4.97. The molecule has 3 atom stereocenters. The van der Waals surface area contributed by atoms with Crippen LogP contribution < -0.4 is 0 Å². The van der Waals surface area contributed by atoms with Crippen LogP contribution in [-0.4, -0.2) is 48.7 Å². The summed E-state index contributed by atoms with van der Waals surface area (Å²) in [6.45, 7) is 2.34. The number of aliphatic carboxylic acids is 1. The molecule has 1 fully saturated rings. The highest BCUT2D eigenvalue weighted by Gasteiger charge is 2.49. The minimum atomic E-state index is -0.874. The number of rotatable bonds is 5. The van der Waals surface area contributed by atoms with Crippen LogP contribution in [0.15, 0.2) is 0 Å². The molecule has 0 aliphatic heterocycles. The summed E-state index contributed by atoms with van der Waals surface area (Å²) >= 11 is 0. The molecule has 1 unspecified atom stereocenters. The van der Waals surface area contributed by atoms with Crippen LogP contribution >= 0.6 is 0 Å². The molecule has 5 nitrogen and oxygen atoms in total. The molecule has 1 aliphatic carbocycles. The van der Waals surface area contributed by atoms with Crippen molar-refractivity contribution in [3.63, 3.8) is 0 Å². The number of carbonyl (C=O) groups excluding carboxylic acids is 1. The van der Waals surface area contributed by atoms with E-state index in [1.807, 2.05) is 6.92 Å². The third-order valence-electron chi connectivity index (χ3n) is 2.84. The van der Waals surface area contributed by atoms with Gasteiger partial charge in [0.15, 0.2) is 0 Å². The second kappa shape index (κ2) is 4.61. The lowest BCUT2D eigenvalue weighted by molar-refractivity contribution is -0.142. The van der Waals surface area contributed by atoms with E-state index in [1.165, 1.54) is 0 Å². The quantitative estimate of drug-likeness (QED) is 0.711. The van der Waals surface area contributed by atoms with Crippen molar-refractivity contribution in [1.29, 1.82) is 0 Å². The van der Waals surface area contributed by atoms with Crippen LogP contribution in [0.4, 0.5) is 0 Å². The fourth-order valence-corrected chi connectivity index (χ4v) is 1.57. The van der Waals surface area contributed by atoms with E-state index in [-0.39, 0.29) is 17.9 Å². The number of ether oxygens (including phenoxy) is 1. The average molecular weight is 215 g/mol. The molecule has 1 rings (SSSR count). The second-order valence-electron chi connectivity index (χ2n) is 4.04. The lowest BCUT2D eigenvalue weighted by atomic mass is 10.2. The van der Waals surface area contributed by atoms with E-state index in [9.17, 15) is 9.59 Å². The molecular weight excluding hydrogens is 198 g/mol. The Balaban J connectivity index is 2.45. The summed E-state index contributed by atoms with van der Waals surface area (Å²) in [6.07, 6.45) is 0.470. The summed E-state index contributed by atoms with van der Waals surface area (Å²) in [6, 6.07) is -0.0162. The van der Waals surface area contributed by atoms with Crippen molar-refractivity contribution in [2.24, 2.45) is 11.8 Å². The highest BCUT2D eigenvalue weighted by Crippen LogP contribution is 2.40. The molecule has 0 aromatic heterocycles. The Bertz CT molecular complexity index is 266. The number of hydrogen-bond acceptors (Lipinski definition) is 3. The predicted molar refractivity (Wildman–Crippen MR) is 53.3 cm³/mol. The minimum Gasteiger partial charge on any atom is -0.481 e. The molecule has 1 amide bonds. The molecule has 0 radical (unpaired) electrons. The molecule has 0 saturated heterocycles. The molecule has 86 valence electrons. The summed E-state index contributed by atoms with van der Waals surface area (Å²) in [5.41, 5.74) is 0. The summed E-state index contributed by atoms with van der Waals surface area (Å²) in [5, 5.41) is 8.70. The third-order valence-corrected chi connectivity index (χ3v) is 2.84. The molecule has 1 aliphatic rings. The lowest BCUT2D eigenvalue weighted by Crippen LogP contribution is -2.39. The van der Waals surface area contributed by atoms with E-state index < -0.39 is 11.9 Å². The van der Waals surface area contributed by atoms with Crippen molar-refractivity contribution >= 4 is 11.9 Å². The van der Waals surface area contributed by atoms with Crippen molar-refractivity contribution in [3.8, 4) is 0 Å². The maximum atomic E-state index is 11.7. The van der Waals surface area contributed by atoms with Gasteiger partial charge in [-0.15, -0.1) is 0 Å². The van der Waals surface area contributed by atoms with Gasteiger partial charge in [-0.1, -0.05) is 0 Å². The van der Waals surface area contributed by atoms with Gasteiger partial charge in [0.1, 0.15) is 0 Å². The zero-order valence-electron chi connectivity index (χ0n) is 9.27. The fourth-order valence-electron chi connectivity index (χ4n) is 1.57. The fraction of sp³-hybridized carbons (Fsp3) is 0.800. The molecular formula is C10H17NO4. The Morgan fingerprint density at radius 3 is 2.53 bits per heavy atom. The number of likely N-dealkylation sites (N-methyl/N-ethyl adjacent to an activating group) is 1. The Hall–Kier alpha value is -1.10. The molecule has 1 N–H and O–H groups in total. The van der Waals surface area contributed by atoms with Gasteiger partial charge in [0.25, 0.3) is 0 Å². The van der Waals surface area contributed by atoms with Gasteiger partial charge in [-0.05, 0) is 13.3 Å². The number of nitrogens with zero attached hydrogens (tertiary/aromatic N) is 1. The van der Waals surface area contributed by atoms with Gasteiger partial charge < -0.3 is 14.7 Å². The summed E-state index contributed by atoms with van der Waals surface area (Å²) in [5.74, 6) is -1.77. The van der Waals surface area contributed by atoms with Crippen molar-refractivity contribution < 1.29 is 19.4 Å². The smallest absolute Gasteiger partial charge is 0.307 e. The SMILES string of the molecule is COCC(C)N(C)C(=O)[C@@H]1C[C@@H]1C(=O)O. The first-order chi connectivity index (χ1) is 6.99. The highest BCUT2D eigenvalue weighted by molar-refractivity contribution is 5.89. The van der Waals surface area contributed by atoms with Crippen LogP contribution in [0.5, 0.6) is 0 Å². The van der Waals surface area contributed by atoms with Crippen LogP contribution in [0.1, 0.15) is 13.3 Å². The first kappa shape index (κ1) is 12.0. The number of methoxy groups -OCH3 is 1. The van der Waals surface area contributed by atoms with Gasteiger partial charge in [-0.25, -0.2) is 0 Å². The minimum absolute atomic E-state index is 0.0162. The standard InChI is InChI=1S/C10H17NO4/c1-6(5-15-3)11(2)9(12)7-4-8(7)10(13)14/h6-8H,4-5H2,1-3H3,(H,13,14)/t6?,7-,8+/m1/s1. The van der Waals surface area contributed by atoms with Crippen LogP contribution in [0.2, 0.25) is 0 Å². The third kappa shape index (κ3) is 2.68. The first-order valence-corrected chi connectivity index (χ1v) is 4.97. The van der Waals surface area contributed by atoms with E-state index in [1.54, 1.807) is 19.1 Å². The Morgan fingerprint density at radius 1 is 1.53 bits per heavy atom. The van der Waals surface area contributed by atoms with Crippen molar-refractivity contribution in [1.82, 2.24) is 4.90 Å².